The molecule has 0 unspecified atom stereocenters. The summed E-state index contributed by atoms with van der Waals surface area (Å²) in [4.78, 5) is 22.6. The maximum absolute atomic E-state index is 12.3. The van der Waals surface area contributed by atoms with Gasteiger partial charge < -0.3 is 10.3 Å². The van der Waals surface area contributed by atoms with E-state index in [0.29, 0.717) is 5.39 Å². The van der Waals surface area contributed by atoms with Crippen LogP contribution in [0.3, 0.4) is 0 Å². The Morgan fingerprint density at radius 3 is 2.83 bits per heavy atom. The molecule has 4 rings (SSSR count). The molecular formula is C18H22N4O. The number of aromatic amines is 1. The molecule has 3 heterocycles. The van der Waals surface area contributed by atoms with Gasteiger partial charge in [-0.05, 0) is 44.5 Å². The lowest BCUT2D eigenvalue weighted by molar-refractivity contribution is 0.258. The largest absolute Gasteiger partial charge is 0.342 e. The van der Waals surface area contributed by atoms with Gasteiger partial charge in [0.15, 0.2) is 0 Å². The summed E-state index contributed by atoms with van der Waals surface area (Å²) in [6.45, 7) is 5.18. The van der Waals surface area contributed by atoms with Gasteiger partial charge in [0.05, 0.1) is 17.6 Å². The lowest BCUT2D eigenvalue weighted by Crippen LogP contribution is -2.37. The molecule has 1 saturated heterocycles. The number of amidine groups is 1. The molecule has 0 atom stereocenters. The number of benzene rings is 1. The molecule has 2 aliphatic rings. The highest BCUT2D eigenvalue weighted by atomic mass is 16.1. The molecule has 1 aromatic carbocycles. The Bertz CT molecular complexity index is 831. The van der Waals surface area contributed by atoms with Crippen molar-refractivity contribution in [3.63, 3.8) is 0 Å². The van der Waals surface area contributed by atoms with Crippen LogP contribution in [0.1, 0.15) is 31.9 Å². The van der Waals surface area contributed by atoms with E-state index in [9.17, 15) is 4.79 Å². The minimum absolute atomic E-state index is 0.0288. The third kappa shape index (κ3) is 2.55. The van der Waals surface area contributed by atoms with Crippen LogP contribution >= 0.6 is 0 Å². The van der Waals surface area contributed by atoms with Gasteiger partial charge in [0.2, 0.25) is 0 Å². The first-order chi connectivity index (χ1) is 11.3. The standard InChI is InChI=1S/C18H22N4O/c1-2-13-17-16-12(18(23)20-13)7-6-8-14(16)19-15(21-17)11-22-9-4-3-5-10-22/h6-8H,2-5,9-11H2,1H3,(H,19,21)(H,20,23). The van der Waals surface area contributed by atoms with E-state index in [1.54, 1.807) is 0 Å². The number of nitrogens with zero attached hydrogens (tertiary/aromatic N) is 2. The fourth-order valence-electron chi connectivity index (χ4n) is 3.62. The molecule has 0 aliphatic carbocycles. The number of aromatic nitrogens is 1. The molecule has 2 aliphatic heterocycles. The van der Waals surface area contributed by atoms with Gasteiger partial charge in [-0.1, -0.05) is 19.4 Å². The number of hydrogen-bond acceptors (Lipinski definition) is 4. The fourth-order valence-corrected chi connectivity index (χ4v) is 3.62. The molecule has 1 fully saturated rings. The van der Waals surface area contributed by atoms with Gasteiger partial charge in [-0.3, -0.25) is 9.69 Å². The van der Waals surface area contributed by atoms with E-state index in [-0.39, 0.29) is 5.56 Å². The zero-order valence-electron chi connectivity index (χ0n) is 13.5. The minimum atomic E-state index is -0.0288. The molecule has 0 spiro atoms. The van der Waals surface area contributed by atoms with E-state index in [4.69, 9.17) is 4.99 Å². The van der Waals surface area contributed by atoms with Crippen LogP contribution in [0, 0.1) is 0 Å². The molecule has 5 nitrogen and oxygen atoms in total. The first-order valence-electron chi connectivity index (χ1n) is 8.51. The van der Waals surface area contributed by atoms with Crippen molar-refractivity contribution in [2.24, 2.45) is 4.99 Å². The average molecular weight is 310 g/mol. The highest BCUT2D eigenvalue weighted by Gasteiger charge is 2.21. The maximum Gasteiger partial charge on any atom is 0.256 e. The van der Waals surface area contributed by atoms with Crippen LogP contribution in [0.4, 0.5) is 11.4 Å². The van der Waals surface area contributed by atoms with Crippen molar-refractivity contribution in [2.45, 2.75) is 32.6 Å². The van der Waals surface area contributed by atoms with Gasteiger partial charge in [0, 0.05) is 16.8 Å². The third-order valence-corrected chi connectivity index (χ3v) is 4.80. The highest BCUT2D eigenvalue weighted by Crippen LogP contribution is 2.36. The molecule has 0 radical (unpaired) electrons. The zero-order chi connectivity index (χ0) is 15.8. The van der Waals surface area contributed by atoms with E-state index in [2.05, 4.69) is 22.1 Å². The summed E-state index contributed by atoms with van der Waals surface area (Å²) in [5.74, 6) is 0.980. The van der Waals surface area contributed by atoms with Crippen LogP contribution < -0.4 is 10.9 Å². The van der Waals surface area contributed by atoms with Gasteiger partial charge in [0.25, 0.3) is 5.56 Å². The van der Waals surface area contributed by atoms with E-state index >= 15 is 0 Å². The lowest BCUT2D eigenvalue weighted by atomic mass is 10.0. The molecule has 2 aromatic rings. The molecule has 5 heteroatoms. The van der Waals surface area contributed by atoms with Crippen LogP contribution in [0.15, 0.2) is 28.0 Å². The van der Waals surface area contributed by atoms with Gasteiger partial charge >= 0.3 is 0 Å². The summed E-state index contributed by atoms with van der Waals surface area (Å²) in [5.41, 5.74) is 2.83. The molecular weight excluding hydrogens is 288 g/mol. The number of hydrogen-bond donors (Lipinski definition) is 2. The van der Waals surface area contributed by atoms with Crippen molar-refractivity contribution in [3.05, 3.63) is 34.2 Å². The van der Waals surface area contributed by atoms with E-state index < -0.39 is 0 Å². The molecule has 0 amide bonds. The molecule has 120 valence electrons. The fraction of sp³-hybridized carbons (Fsp3) is 0.444. The monoisotopic (exact) mass is 310 g/mol. The Morgan fingerprint density at radius 1 is 1.22 bits per heavy atom. The lowest BCUT2D eigenvalue weighted by Gasteiger charge is -2.29. The number of pyridine rings is 1. The Kier molecular flexibility index (Phi) is 3.65. The Balaban J connectivity index is 1.79. The molecule has 2 N–H and O–H groups in total. The van der Waals surface area contributed by atoms with E-state index in [1.807, 2.05) is 18.2 Å². The van der Waals surface area contributed by atoms with Crippen LogP contribution in [0.2, 0.25) is 0 Å². The third-order valence-electron chi connectivity index (χ3n) is 4.80. The summed E-state index contributed by atoms with van der Waals surface area (Å²) in [6.07, 6.45) is 4.65. The summed E-state index contributed by atoms with van der Waals surface area (Å²) in [5, 5.41) is 5.11. The van der Waals surface area contributed by atoms with Gasteiger partial charge in [-0.25, -0.2) is 4.99 Å². The second-order valence-electron chi connectivity index (χ2n) is 6.38. The van der Waals surface area contributed by atoms with E-state index in [0.717, 1.165) is 54.3 Å². The second-order valence-corrected chi connectivity index (χ2v) is 6.38. The van der Waals surface area contributed by atoms with E-state index in [1.165, 1.54) is 19.3 Å². The number of anilines is 1. The second kappa shape index (κ2) is 5.81. The molecule has 0 saturated carbocycles. The Labute approximate surface area is 135 Å². The summed E-state index contributed by atoms with van der Waals surface area (Å²) in [7, 11) is 0. The van der Waals surface area contributed by atoms with Crippen LogP contribution in [0.25, 0.3) is 10.8 Å². The van der Waals surface area contributed by atoms with Crippen molar-refractivity contribution in [2.75, 3.05) is 25.0 Å². The number of aryl methyl sites for hydroxylation is 1. The normalized spacial score (nSPS) is 17.9. The number of nitrogens with one attached hydrogen (secondary N) is 2. The maximum atomic E-state index is 12.3. The number of piperidine rings is 1. The zero-order valence-corrected chi connectivity index (χ0v) is 13.5. The number of H-pyrrole nitrogens is 1. The van der Waals surface area contributed by atoms with Crippen molar-refractivity contribution in [1.82, 2.24) is 9.88 Å². The number of rotatable bonds is 3. The van der Waals surface area contributed by atoms with Crippen LogP contribution in [-0.2, 0) is 6.42 Å². The number of likely N-dealkylation sites (tertiary alicyclic amines) is 1. The Morgan fingerprint density at radius 2 is 2.04 bits per heavy atom. The smallest absolute Gasteiger partial charge is 0.256 e. The van der Waals surface area contributed by atoms with Gasteiger partial charge in [-0.2, -0.15) is 0 Å². The topological polar surface area (TPSA) is 60.5 Å². The predicted octanol–water partition coefficient (Wildman–Crippen LogP) is 3.03. The molecule has 0 bridgehead atoms. The predicted molar refractivity (Wildman–Crippen MR) is 95.0 cm³/mol. The minimum Gasteiger partial charge on any atom is -0.342 e. The quantitative estimate of drug-likeness (QED) is 0.916. The van der Waals surface area contributed by atoms with Crippen molar-refractivity contribution in [3.8, 4) is 0 Å². The number of aliphatic imine (C=N–C) groups is 1. The van der Waals surface area contributed by atoms with Crippen molar-refractivity contribution < 1.29 is 0 Å². The first-order valence-corrected chi connectivity index (χ1v) is 8.51. The van der Waals surface area contributed by atoms with Crippen molar-refractivity contribution in [1.29, 1.82) is 0 Å². The average Bonchev–Trinajstić information content (AvgIpc) is 2.58. The first kappa shape index (κ1) is 14.5. The van der Waals surface area contributed by atoms with Gasteiger partial charge in [0.1, 0.15) is 5.84 Å². The van der Waals surface area contributed by atoms with Crippen LogP contribution in [-0.4, -0.2) is 35.4 Å². The summed E-state index contributed by atoms with van der Waals surface area (Å²) in [6, 6.07) is 5.84. The van der Waals surface area contributed by atoms with Gasteiger partial charge in [-0.15, -0.1) is 0 Å². The Hall–Kier alpha value is -2.14. The molecule has 23 heavy (non-hydrogen) atoms. The summed E-state index contributed by atoms with van der Waals surface area (Å²) < 4.78 is 0. The summed E-state index contributed by atoms with van der Waals surface area (Å²) >= 11 is 0. The SMILES string of the molecule is CCc1[nH]c(=O)c2cccc3c2c1N=C(CN1CCCCC1)N3. The van der Waals surface area contributed by atoms with Crippen molar-refractivity contribution >= 4 is 28.0 Å². The highest BCUT2D eigenvalue weighted by molar-refractivity contribution is 6.14. The molecule has 1 aromatic heterocycles. The van der Waals surface area contributed by atoms with Crippen LogP contribution in [0.5, 0.6) is 0 Å².